The molecule has 2 aromatic rings. The maximum absolute atomic E-state index is 11.9. The van der Waals surface area contributed by atoms with Crippen molar-refractivity contribution in [3.63, 3.8) is 0 Å². The molecule has 124 valence electrons. The van der Waals surface area contributed by atoms with E-state index >= 15 is 0 Å². The summed E-state index contributed by atoms with van der Waals surface area (Å²) < 4.78 is 5.76. The van der Waals surface area contributed by atoms with Crippen LogP contribution >= 0.6 is 0 Å². The second kappa shape index (κ2) is 6.33. The van der Waals surface area contributed by atoms with E-state index in [1.165, 1.54) is 0 Å². The molecular weight excluding hydrogens is 308 g/mol. The van der Waals surface area contributed by atoms with Crippen LogP contribution in [0.25, 0.3) is 0 Å². The molecule has 1 saturated carbocycles. The van der Waals surface area contributed by atoms with Crippen molar-refractivity contribution in [1.29, 1.82) is 0 Å². The average Bonchev–Trinajstić information content (AvgIpc) is 3.38. The van der Waals surface area contributed by atoms with Crippen molar-refractivity contribution in [1.82, 2.24) is 5.48 Å². The summed E-state index contributed by atoms with van der Waals surface area (Å²) in [6.07, 6.45) is 0.275. The van der Waals surface area contributed by atoms with E-state index in [4.69, 9.17) is 15.7 Å². The number of amides is 2. The number of hydrogen-bond acceptors (Lipinski definition) is 4. The number of rotatable bonds is 6. The van der Waals surface area contributed by atoms with Gasteiger partial charge >= 0.3 is 0 Å². The summed E-state index contributed by atoms with van der Waals surface area (Å²) in [5.41, 5.74) is 7.67. The first-order valence-corrected chi connectivity index (χ1v) is 7.59. The lowest BCUT2D eigenvalue weighted by Crippen LogP contribution is -2.35. The fourth-order valence-electron chi connectivity index (χ4n) is 3.00. The summed E-state index contributed by atoms with van der Waals surface area (Å²) in [5, 5.41) is 8.79. The maximum atomic E-state index is 11.9. The van der Waals surface area contributed by atoms with Gasteiger partial charge in [0.05, 0.1) is 11.3 Å². The quantitative estimate of drug-likeness (QED) is 0.553. The highest BCUT2D eigenvalue weighted by Gasteiger charge is 2.63. The van der Waals surface area contributed by atoms with Crippen LogP contribution in [0, 0.1) is 5.92 Å². The van der Waals surface area contributed by atoms with Crippen LogP contribution in [-0.4, -0.2) is 17.0 Å². The molecule has 6 nitrogen and oxygen atoms in total. The first kappa shape index (κ1) is 16.0. The van der Waals surface area contributed by atoms with Crippen molar-refractivity contribution in [2.24, 2.45) is 11.7 Å². The van der Waals surface area contributed by atoms with Gasteiger partial charge in [-0.05, 0) is 29.7 Å². The van der Waals surface area contributed by atoms with E-state index in [1.807, 2.05) is 30.3 Å². The third kappa shape index (κ3) is 2.83. The maximum Gasteiger partial charge on any atom is 0.247 e. The van der Waals surface area contributed by atoms with E-state index in [2.05, 4.69) is 0 Å². The fourth-order valence-corrected chi connectivity index (χ4v) is 3.00. The van der Waals surface area contributed by atoms with Gasteiger partial charge in [-0.2, -0.15) is 0 Å². The molecule has 1 aliphatic carbocycles. The summed E-state index contributed by atoms with van der Waals surface area (Å²) in [4.78, 5) is 23.6. The zero-order valence-electron chi connectivity index (χ0n) is 12.9. The lowest BCUT2D eigenvalue weighted by molar-refractivity contribution is -0.132. The minimum Gasteiger partial charge on any atom is -0.489 e. The molecule has 0 saturated heterocycles. The van der Waals surface area contributed by atoms with Crippen LogP contribution in [0.2, 0.25) is 0 Å². The number of carbonyl (C=O) groups excluding carboxylic acids is 2. The van der Waals surface area contributed by atoms with E-state index in [0.717, 1.165) is 5.56 Å². The number of nitrogens with two attached hydrogens (primary N) is 1. The van der Waals surface area contributed by atoms with Gasteiger partial charge in [-0.25, -0.2) is 5.48 Å². The summed E-state index contributed by atoms with van der Waals surface area (Å²) in [5.74, 6) is -1.27. The van der Waals surface area contributed by atoms with Gasteiger partial charge in [0.2, 0.25) is 11.8 Å². The zero-order valence-corrected chi connectivity index (χ0v) is 12.9. The van der Waals surface area contributed by atoms with Gasteiger partial charge in [0, 0.05) is 0 Å². The minimum atomic E-state index is -1.08. The Morgan fingerprint density at radius 3 is 2.62 bits per heavy atom. The van der Waals surface area contributed by atoms with E-state index < -0.39 is 23.1 Å². The van der Waals surface area contributed by atoms with E-state index in [1.54, 1.807) is 29.7 Å². The van der Waals surface area contributed by atoms with Gasteiger partial charge in [-0.1, -0.05) is 42.5 Å². The number of ether oxygens (including phenoxy) is 1. The summed E-state index contributed by atoms with van der Waals surface area (Å²) in [6.45, 7) is 0.397. The molecule has 0 spiro atoms. The highest BCUT2D eigenvalue weighted by Crippen LogP contribution is 2.54. The first-order chi connectivity index (χ1) is 11.6. The third-order valence-corrected chi connectivity index (χ3v) is 4.42. The van der Waals surface area contributed by atoms with E-state index in [-0.39, 0.29) is 6.42 Å². The minimum absolute atomic E-state index is 0.275. The number of benzene rings is 2. The Bertz CT molecular complexity index is 763. The van der Waals surface area contributed by atoms with E-state index in [9.17, 15) is 9.59 Å². The molecule has 0 bridgehead atoms. The molecule has 3 rings (SSSR count). The van der Waals surface area contributed by atoms with Crippen molar-refractivity contribution in [3.8, 4) is 5.75 Å². The summed E-state index contributed by atoms with van der Waals surface area (Å²) in [6, 6.07) is 16.7. The zero-order chi connectivity index (χ0) is 17.2. The molecule has 0 unspecified atom stereocenters. The number of nitrogens with one attached hydrogen (secondary N) is 1. The molecule has 2 atom stereocenters. The number of hydrogen-bond donors (Lipinski definition) is 3. The highest BCUT2D eigenvalue weighted by atomic mass is 16.5. The van der Waals surface area contributed by atoms with Crippen molar-refractivity contribution in [2.45, 2.75) is 18.4 Å². The lowest BCUT2D eigenvalue weighted by atomic mass is 9.92. The van der Waals surface area contributed by atoms with Crippen LogP contribution < -0.4 is 16.0 Å². The molecule has 2 amide bonds. The Labute approximate surface area is 139 Å². The SMILES string of the molecule is NC(=O)[C@@]1(c2cccc(OCc3ccccc3)c2)C[C@@H]1C(=O)NO. The van der Waals surface area contributed by atoms with Crippen LogP contribution in [0.5, 0.6) is 5.75 Å². The molecule has 6 heteroatoms. The Balaban J connectivity index is 1.80. The Morgan fingerprint density at radius 1 is 1.21 bits per heavy atom. The van der Waals surface area contributed by atoms with Gasteiger partial charge in [-0.3, -0.25) is 14.8 Å². The smallest absolute Gasteiger partial charge is 0.247 e. The predicted molar refractivity (Wildman–Crippen MR) is 86.1 cm³/mol. The summed E-state index contributed by atoms with van der Waals surface area (Å²) >= 11 is 0. The van der Waals surface area contributed by atoms with Crippen molar-refractivity contribution in [3.05, 3.63) is 65.7 Å². The largest absolute Gasteiger partial charge is 0.489 e. The Kier molecular flexibility index (Phi) is 4.22. The fraction of sp³-hybridized carbons (Fsp3) is 0.222. The molecule has 0 radical (unpaired) electrons. The van der Waals surface area contributed by atoms with Crippen LogP contribution in [0.3, 0.4) is 0 Å². The number of hydroxylamine groups is 1. The van der Waals surface area contributed by atoms with Crippen molar-refractivity contribution < 1.29 is 19.5 Å². The van der Waals surface area contributed by atoms with E-state index in [0.29, 0.717) is 17.9 Å². The van der Waals surface area contributed by atoms with Crippen LogP contribution in [-0.2, 0) is 21.6 Å². The molecule has 24 heavy (non-hydrogen) atoms. The summed E-state index contributed by atoms with van der Waals surface area (Å²) in [7, 11) is 0. The average molecular weight is 326 g/mol. The van der Waals surface area contributed by atoms with Crippen molar-refractivity contribution >= 4 is 11.8 Å². The van der Waals surface area contributed by atoms with Crippen molar-refractivity contribution in [2.75, 3.05) is 0 Å². The predicted octanol–water partition coefficient (Wildman–Crippen LogP) is 1.51. The third-order valence-electron chi connectivity index (χ3n) is 4.42. The Hall–Kier alpha value is -2.86. The molecule has 2 aromatic carbocycles. The van der Waals surface area contributed by atoms with Gasteiger partial charge in [0.1, 0.15) is 12.4 Å². The highest BCUT2D eigenvalue weighted by molar-refractivity contribution is 5.99. The monoisotopic (exact) mass is 326 g/mol. The standard InChI is InChI=1S/C18H18N2O4/c19-17(22)18(10-15(18)16(21)20-23)13-7-4-8-14(9-13)24-11-12-5-2-1-3-6-12/h1-9,15,23H,10-11H2,(H2,19,22)(H,20,21)/t15-,18-/m1/s1. The van der Waals surface area contributed by atoms with Crippen LogP contribution in [0.4, 0.5) is 0 Å². The molecule has 0 aromatic heterocycles. The first-order valence-electron chi connectivity index (χ1n) is 7.59. The van der Waals surface area contributed by atoms with Gasteiger partial charge in [-0.15, -0.1) is 0 Å². The normalized spacial score (nSPS) is 21.8. The van der Waals surface area contributed by atoms with Crippen LogP contribution in [0.1, 0.15) is 17.5 Å². The van der Waals surface area contributed by atoms with Crippen LogP contribution in [0.15, 0.2) is 54.6 Å². The number of carbonyl (C=O) groups is 2. The molecule has 1 fully saturated rings. The second-order valence-electron chi connectivity index (χ2n) is 5.87. The van der Waals surface area contributed by atoms with Gasteiger partial charge < -0.3 is 10.5 Å². The van der Waals surface area contributed by atoms with Gasteiger partial charge in [0.25, 0.3) is 0 Å². The number of primary amides is 1. The van der Waals surface area contributed by atoms with Gasteiger partial charge in [0.15, 0.2) is 0 Å². The second-order valence-corrected chi connectivity index (χ2v) is 5.87. The topological polar surface area (TPSA) is 102 Å². The molecule has 0 heterocycles. The molecule has 4 N–H and O–H groups in total. The molecule has 1 aliphatic rings. The lowest BCUT2D eigenvalue weighted by Gasteiger charge is -2.15. The molecular formula is C18H18N2O4. The molecule has 0 aliphatic heterocycles. The Morgan fingerprint density at radius 2 is 1.96 bits per heavy atom.